The standard InChI is InChI=1S/C27H29N3O3/c1-19-5-13-23(14-6-19)29-25(31)18-33-24-15-7-20(8-16-24)17-28-30-26(32)21-9-11-22(12-10-21)27(2,3)4/h5-17H,18H2,1-4H3,(H,29,31)(H,30,32)/b28-17-. The number of aryl methyl sites for hydroxylation is 1. The number of nitrogens with zero attached hydrogens (tertiary/aromatic N) is 1. The first kappa shape index (κ1) is 23.7. The molecule has 0 spiro atoms. The van der Waals surface area contributed by atoms with Crippen molar-refractivity contribution in [3.05, 3.63) is 95.1 Å². The minimum atomic E-state index is -0.272. The summed E-state index contributed by atoms with van der Waals surface area (Å²) in [4.78, 5) is 24.3. The molecule has 2 amide bonds. The Labute approximate surface area is 194 Å². The largest absolute Gasteiger partial charge is 0.484 e. The molecule has 3 aromatic rings. The minimum absolute atomic E-state index is 0.0356. The maximum Gasteiger partial charge on any atom is 0.271 e. The Morgan fingerprint density at radius 3 is 2.15 bits per heavy atom. The first-order chi connectivity index (χ1) is 15.7. The van der Waals surface area contributed by atoms with Crippen LogP contribution in [0.4, 0.5) is 5.69 Å². The van der Waals surface area contributed by atoms with E-state index in [9.17, 15) is 9.59 Å². The summed E-state index contributed by atoms with van der Waals surface area (Å²) in [5.74, 6) is 0.0585. The molecule has 0 aromatic heterocycles. The van der Waals surface area contributed by atoms with Gasteiger partial charge in [0, 0.05) is 11.3 Å². The van der Waals surface area contributed by atoms with Gasteiger partial charge in [0.25, 0.3) is 11.8 Å². The van der Waals surface area contributed by atoms with Crippen LogP contribution in [0.1, 0.15) is 47.8 Å². The maximum atomic E-state index is 12.3. The molecule has 0 saturated carbocycles. The van der Waals surface area contributed by atoms with Gasteiger partial charge in [-0.25, -0.2) is 5.43 Å². The van der Waals surface area contributed by atoms with Crippen LogP contribution < -0.4 is 15.5 Å². The second-order valence-electron chi connectivity index (χ2n) is 8.80. The van der Waals surface area contributed by atoms with Crippen molar-refractivity contribution in [1.29, 1.82) is 0 Å². The van der Waals surface area contributed by atoms with E-state index in [-0.39, 0.29) is 23.8 Å². The third kappa shape index (κ3) is 7.31. The van der Waals surface area contributed by atoms with Crippen molar-refractivity contribution < 1.29 is 14.3 Å². The molecule has 0 heterocycles. The fraction of sp³-hybridized carbons (Fsp3) is 0.222. The molecular weight excluding hydrogens is 414 g/mol. The summed E-state index contributed by atoms with van der Waals surface area (Å²) in [6.45, 7) is 8.28. The lowest BCUT2D eigenvalue weighted by Gasteiger charge is -2.18. The highest BCUT2D eigenvalue weighted by atomic mass is 16.5. The number of amides is 2. The molecule has 0 aliphatic rings. The Bertz CT molecular complexity index is 1110. The van der Waals surface area contributed by atoms with Crippen LogP contribution in [0.15, 0.2) is 77.9 Å². The molecule has 0 atom stereocenters. The average Bonchev–Trinajstić information content (AvgIpc) is 2.79. The first-order valence-electron chi connectivity index (χ1n) is 10.7. The molecule has 3 aromatic carbocycles. The number of carbonyl (C=O) groups excluding carboxylic acids is 2. The third-order valence-electron chi connectivity index (χ3n) is 4.98. The zero-order chi connectivity index (χ0) is 23.8. The van der Waals surface area contributed by atoms with E-state index in [1.54, 1.807) is 42.6 Å². The summed E-state index contributed by atoms with van der Waals surface area (Å²) in [6.07, 6.45) is 1.55. The highest BCUT2D eigenvalue weighted by Crippen LogP contribution is 2.22. The van der Waals surface area contributed by atoms with E-state index in [2.05, 4.69) is 36.6 Å². The minimum Gasteiger partial charge on any atom is -0.484 e. The monoisotopic (exact) mass is 443 g/mol. The molecule has 6 heteroatoms. The average molecular weight is 444 g/mol. The fourth-order valence-electron chi connectivity index (χ4n) is 2.98. The number of carbonyl (C=O) groups is 2. The van der Waals surface area contributed by atoms with Gasteiger partial charge in [0.1, 0.15) is 5.75 Å². The maximum absolute atomic E-state index is 12.3. The van der Waals surface area contributed by atoms with Crippen molar-refractivity contribution >= 4 is 23.7 Å². The van der Waals surface area contributed by atoms with E-state index in [1.165, 1.54) is 0 Å². The van der Waals surface area contributed by atoms with Crippen LogP contribution in [-0.4, -0.2) is 24.6 Å². The van der Waals surface area contributed by atoms with Gasteiger partial charge in [0.05, 0.1) is 6.21 Å². The predicted octanol–water partition coefficient (Wildman–Crippen LogP) is 5.07. The van der Waals surface area contributed by atoms with E-state index in [0.717, 1.165) is 22.4 Å². The summed E-state index contributed by atoms with van der Waals surface area (Å²) in [5.41, 5.74) is 6.93. The molecule has 0 unspecified atom stereocenters. The molecule has 33 heavy (non-hydrogen) atoms. The van der Waals surface area contributed by atoms with E-state index in [1.807, 2.05) is 43.3 Å². The lowest BCUT2D eigenvalue weighted by atomic mass is 9.87. The van der Waals surface area contributed by atoms with Crippen LogP contribution in [-0.2, 0) is 10.2 Å². The molecule has 0 radical (unpaired) electrons. The molecule has 0 fully saturated rings. The molecule has 0 bridgehead atoms. The van der Waals surface area contributed by atoms with Crippen molar-refractivity contribution in [3.8, 4) is 5.75 Å². The quantitative estimate of drug-likeness (QED) is 0.395. The number of rotatable bonds is 7. The van der Waals surface area contributed by atoms with E-state index < -0.39 is 0 Å². The third-order valence-corrected chi connectivity index (χ3v) is 4.98. The van der Waals surface area contributed by atoms with Gasteiger partial charge in [-0.2, -0.15) is 5.10 Å². The molecule has 6 nitrogen and oxygen atoms in total. The predicted molar refractivity (Wildman–Crippen MR) is 132 cm³/mol. The summed E-state index contributed by atoms with van der Waals surface area (Å²) in [7, 11) is 0. The van der Waals surface area contributed by atoms with Crippen molar-refractivity contribution in [2.45, 2.75) is 33.1 Å². The summed E-state index contributed by atoms with van der Waals surface area (Å²) in [5, 5.41) is 6.80. The lowest BCUT2D eigenvalue weighted by molar-refractivity contribution is -0.118. The van der Waals surface area contributed by atoms with Crippen molar-refractivity contribution in [1.82, 2.24) is 5.43 Å². The van der Waals surface area contributed by atoms with Gasteiger partial charge in [-0.15, -0.1) is 0 Å². The number of hydrogen-bond acceptors (Lipinski definition) is 4. The Morgan fingerprint density at radius 1 is 0.909 bits per heavy atom. The van der Waals surface area contributed by atoms with Gasteiger partial charge >= 0.3 is 0 Å². The number of ether oxygens (including phenoxy) is 1. The van der Waals surface area contributed by atoms with Crippen LogP contribution >= 0.6 is 0 Å². The van der Waals surface area contributed by atoms with Gasteiger partial charge in [-0.05, 0) is 72.0 Å². The molecule has 0 saturated heterocycles. The van der Waals surface area contributed by atoms with Gasteiger partial charge in [0.15, 0.2) is 6.61 Å². The zero-order valence-corrected chi connectivity index (χ0v) is 19.4. The van der Waals surface area contributed by atoms with Gasteiger partial charge in [-0.3, -0.25) is 9.59 Å². The summed E-state index contributed by atoms with van der Waals surface area (Å²) < 4.78 is 5.53. The Kier molecular flexibility index (Phi) is 7.61. The Balaban J connectivity index is 1.46. The molecule has 2 N–H and O–H groups in total. The van der Waals surface area contributed by atoms with Crippen molar-refractivity contribution in [3.63, 3.8) is 0 Å². The van der Waals surface area contributed by atoms with Gasteiger partial charge < -0.3 is 10.1 Å². The molecule has 0 aliphatic carbocycles. The zero-order valence-electron chi connectivity index (χ0n) is 19.4. The smallest absolute Gasteiger partial charge is 0.271 e. The number of benzene rings is 3. The van der Waals surface area contributed by atoms with Crippen molar-refractivity contribution in [2.24, 2.45) is 5.10 Å². The SMILES string of the molecule is Cc1ccc(NC(=O)COc2ccc(/C=N\NC(=O)c3ccc(C(C)(C)C)cc3)cc2)cc1. The van der Waals surface area contributed by atoms with E-state index >= 15 is 0 Å². The Hall–Kier alpha value is -3.93. The van der Waals surface area contributed by atoms with Crippen LogP contribution in [0.3, 0.4) is 0 Å². The molecular formula is C27H29N3O3. The van der Waals surface area contributed by atoms with Crippen LogP contribution in [0, 0.1) is 6.92 Å². The van der Waals surface area contributed by atoms with Gasteiger partial charge in [0.2, 0.25) is 0 Å². The summed E-state index contributed by atoms with van der Waals surface area (Å²) in [6, 6.07) is 22.1. The van der Waals surface area contributed by atoms with E-state index in [0.29, 0.717) is 11.3 Å². The fourth-order valence-corrected chi connectivity index (χ4v) is 2.98. The Morgan fingerprint density at radius 2 is 1.55 bits per heavy atom. The lowest BCUT2D eigenvalue weighted by Crippen LogP contribution is -2.20. The van der Waals surface area contributed by atoms with E-state index in [4.69, 9.17) is 4.74 Å². The van der Waals surface area contributed by atoms with Crippen molar-refractivity contribution in [2.75, 3.05) is 11.9 Å². The van der Waals surface area contributed by atoms with Gasteiger partial charge in [-0.1, -0.05) is 50.6 Å². The number of hydrogen-bond donors (Lipinski definition) is 2. The van der Waals surface area contributed by atoms with Crippen LogP contribution in [0.2, 0.25) is 0 Å². The van der Waals surface area contributed by atoms with Crippen LogP contribution in [0.5, 0.6) is 5.75 Å². The first-order valence-corrected chi connectivity index (χ1v) is 10.7. The second-order valence-corrected chi connectivity index (χ2v) is 8.80. The number of anilines is 1. The molecule has 0 aliphatic heterocycles. The molecule has 170 valence electrons. The summed E-state index contributed by atoms with van der Waals surface area (Å²) >= 11 is 0. The molecule has 3 rings (SSSR count). The topological polar surface area (TPSA) is 79.8 Å². The van der Waals surface area contributed by atoms with Crippen LogP contribution in [0.25, 0.3) is 0 Å². The highest BCUT2D eigenvalue weighted by molar-refractivity contribution is 5.95. The normalized spacial score (nSPS) is 11.3. The number of nitrogens with one attached hydrogen (secondary N) is 2. The second kappa shape index (κ2) is 10.6. The number of hydrazone groups is 1. The highest BCUT2D eigenvalue weighted by Gasteiger charge is 2.14.